The van der Waals surface area contributed by atoms with Crippen molar-refractivity contribution < 1.29 is 15.0 Å². The number of unbranched alkanes of at least 4 members (excludes halogenated alkanes) is 45. The Hall–Kier alpha value is -1.39. The zero-order chi connectivity index (χ0) is 47.7. The van der Waals surface area contributed by atoms with Crippen molar-refractivity contribution in [3.05, 3.63) is 36.5 Å². The zero-order valence-corrected chi connectivity index (χ0v) is 45.0. The van der Waals surface area contributed by atoms with Gasteiger partial charge in [-0.3, -0.25) is 4.79 Å². The SMILES string of the molecule is CCCCCCCCCC/C=C\CCCCCCCCCCCC(=O)NC(CO)C(O)/C=C/CC/C=C/CCCCCCCCCCCCCCCCCCCCCCCCCCCCC. The molecule has 0 spiro atoms. The molecule has 2 unspecified atom stereocenters. The average molecular weight is 927 g/mol. The minimum absolute atomic E-state index is 0.0718. The first-order valence-electron chi connectivity index (χ1n) is 30.2. The van der Waals surface area contributed by atoms with Gasteiger partial charge in [0.15, 0.2) is 0 Å². The Labute approximate surface area is 414 Å². The van der Waals surface area contributed by atoms with Crippen molar-refractivity contribution in [3.63, 3.8) is 0 Å². The van der Waals surface area contributed by atoms with Gasteiger partial charge >= 0.3 is 0 Å². The Morgan fingerprint density at radius 2 is 0.591 bits per heavy atom. The van der Waals surface area contributed by atoms with Crippen molar-refractivity contribution in [1.29, 1.82) is 0 Å². The number of allylic oxidation sites excluding steroid dienone is 5. The number of hydrogen-bond donors (Lipinski definition) is 3. The third-order valence-electron chi connectivity index (χ3n) is 14.1. The number of aliphatic hydroxyl groups is 2. The number of nitrogens with one attached hydrogen (secondary N) is 1. The van der Waals surface area contributed by atoms with E-state index in [0.29, 0.717) is 6.42 Å². The van der Waals surface area contributed by atoms with Crippen LogP contribution in [0.2, 0.25) is 0 Å². The largest absolute Gasteiger partial charge is 0.394 e. The van der Waals surface area contributed by atoms with Gasteiger partial charge < -0.3 is 15.5 Å². The molecule has 0 aliphatic heterocycles. The molecule has 390 valence electrons. The van der Waals surface area contributed by atoms with E-state index in [2.05, 4.69) is 43.5 Å². The van der Waals surface area contributed by atoms with E-state index < -0.39 is 12.1 Å². The molecule has 66 heavy (non-hydrogen) atoms. The minimum atomic E-state index is -0.864. The smallest absolute Gasteiger partial charge is 0.220 e. The van der Waals surface area contributed by atoms with E-state index in [1.54, 1.807) is 6.08 Å². The second-order valence-corrected chi connectivity index (χ2v) is 20.8. The first-order valence-corrected chi connectivity index (χ1v) is 30.2. The van der Waals surface area contributed by atoms with Crippen LogP contribution in [0.15, 0.2) is 36.5 Å². The first-order chi connectivity index (χ1) is 32.7. The van der Waals surface area contributed by atoms with E-state index in [9.17, 15) is 15.0 Å². The maximum atomic E-state index is 12.5. The summed E-state index contributed by atoms with van der Waals surface area (Å²) in [4.78, 5) is 12.5. The number of carbonyl (C=O) groups is 1. The highest BCUT2D eigenvalue weighted by atomic mass is 16.3. The van der Waals surface area contributed by atoms with Gasteiger partial charge in [-0.1, -0.05) is 307 Å². The molecule has 0 aromatic carbocycles. The van der Waals surface area contributed by atoms with Gasteiger partial charge in [0, 0.05) is 6.42 Å². The number of rotatable bonds is 56. The number of carbonyl (C=O) groups excluding carboxylic acids is 1. The van der Waals surface area contributed by atoms with Crippen molar-refractivity contribution in [2.75, 3.05) is 6.61 Å². The fraction of sp³-hybridized carbons (Fsp3) is 0.887. The van der Waals surface area contributed by atoms with Crippen LogP contribution < -0.4 is 5.32 Å². The number of amides is 1. The fourth-order valence-corrected chi connectivity index (χ4v) is 9.49. The summed E-state index contributed by atoms with van der Waals surface area (Å²) in [5.74, 6) is -0.0718. The lowest BCUT2D eigenvalue weighted by atomic mass is 10.0. The fourth-order valence-electron chi connectivity index (χ4n) is 9.49. The Morgan fingerprint density at radius 3 is 0.879 bits per heavy atom. The van der Waals surface area contributed by atoms with Crippen LogP contribution in [0.3, 0.4) is 0 Å². The number of aliphatic hydroxyl groups excluding tert-OH is 2. The third-order valence-corrected chi connectivity index (χ3v) is 14.1. The van der Waals surface area contributed by atoms with E-state index in [0.717, 1.165) is 32.1 Å². The van der Waals surface area contributed by atoms with Gasteiger partial charge in [-0.05, 0) is 57.8 Å². The van der Waals surface area contributed by atoms with Crippen molar-refractivity contribution in [3.8, 4) is 0 Å². The van der Waals surface area contributed by atoms with Crippen molar-refractivity contribution in [1.82, 2.24) is 5.32 Å². The van der Waals surface area contributed by atoms with E-state index in [4.69, 9.17) is 0 Å². The lowest BCUT2D eigenvalue weighted by Crippen LogP contribution is -2.45. The zero-order valence-electron chi connectivity index (χ0n) is 45.0. The van der Waals surface area contributed by atoms with E-state index in [1.165, 1.54) is 283 Å². The van der Waals surface area contributed by atoms with Crippen LogP contribution >= 0.6 is 0 Å². The first kappa shape index (κ1) is 64.6. The van der Waals surface area contributed by atoms with Gasteiger partial charge in [-0.25, -0.2) is 0 Å². The van der Waals surface area contributed by atoms with E-state index >= 15 is 0 Å². The highest BCUT2D eigenvalue weighted by Gasteiger charge is 2.18. The lowest BCUT2D eigenvalue weighted by Gasteiger charge is -2.19. The summed E-state index contributed by atoms with van der Waals surface area (Å²) in [7, 11) is 0. The van der Waals surface area contributed by atoms with Crippen molar-refractivity contribution in [2.24, 2.45) is 0 Å². The van der Waals surface area contributed by atoms with Gasteiger partial charge in [0.05, 0.1) is 18.8 Å². The summed E-state index contributed by atoms with van der Waals surface area (Å²) in [5.41, 5.74) is 0. The average Bonchev–Trinajstić information content (AvgIpc) is 3.32. The second-order valence-electron chi connectivity index (χ2n) is 20.8. The van der Waals surface area contributed by atoms with Crippen molar-refractivity contribution >= 4 is 5.91 Å². The van der Waals surface area contributed by atoms with Crippen molar-refractivity contribution in [2.45, 2.75) is 347 Å². The summed E-state index contributed by atoms with van der Waals surface area (Å²) in [6, 6.07) is -0.641. The van der Waals surface area contributed by atoms with Crippen LogP contribution in [0, 0.1) is 0 Å². The molecule has 0 bridgehead atoms. The minimum Gasteiger partial charge on any atom is -0.394 e. The molecule has 2 atom stereocenters. The van der Waals surface area contributed by atoms with Gasteiger partial charge in [-0.2, -0.15) is 0 Å². The van der Waals surface area contributed by atoms with Crippen LogP contribution in [0.4, 0.5) is 0 Å². The predicted molar refractivity (Wildman–Crippen MR) is 295 cm³/mol. The summed E-state index contributed by atoms with van der Waals surface area (Å²) in [5, 5.41) is 23.2. The van der Waals surface area contributed by atoms with Crippen LogP contribution in [0.1, 0.15) is 335 Å². The molecule has 0 heterocycles. The Bertz CT molecular complexity index is 1010. The molecule has 0 aromatic heterocycles. The number of hydrogen-bond acceptors (Lipinski definition) is 3. The van der Waals surface area contributed by atoms with E-state index in [-0.39, 0.29) is 12.5 Å². The maximum Gasteiger partial charge on any atom is 0.220 e. The highest BCUT2D eigenvalue weighted by molar-refractivity contribution is 5.76. The monoisotopic (exact) mass is 926 g/mol. The summed E-state index contributed by atoms with van der Waals surface area (Å²) >= 11 is 0. The molecule has 3 N–H and O–H groups in total. The Balaban J connectivity index is 3.48. The van der Waals surface area contributed by atoms with Crippen LogP contribution in [-0.4, -0.2) is 34.9 Å². The topological polar surface area (TPSA) is 69.6 Å². The van der Waals surface area contributed by atoms with Crippen LogP contribution in [0.5, 0.6) is 0 Å². The summed E-state index contributed by atoms with van der Waals surface area (Å²) < 4.78 is 0. The molecule has 0 saturated carbocycles. The van der Waals surface area contributed by atoms with E-state index in [1.807, 2.05) is 6.08 Å². The van der Waals surface area contributed by atoms with Gasteiger partial charge in [0.1, 0.15) is 0 Å². The molecular formula is C62H119NO3. The standard InChI is InChI=1S/C62H119NO3/c1-3-5-7-9-11-13-15-17-19-21-23-25-26-27-28-29-30-31-32-33-34-35-36-38-39-41-43-45-47-49-51-53-55-57-61(65)60(59-64)63-62(66)58-56-54-52-50-48-46-44-42-40-37-24-22-20-18-16-14-12-10-8-6-4-2/h22,24,47,49,55,57,60-61,64-65H,3-21,23,25-46,48,50-54,56,58-59H2,1-2H3,(H,63,66)/b24-22-,49-47+,57-55+. The molecule has 0 fully saturated rings. The summed E-state index contributed by atoms with van der Waals surface area (Å²) in [6.45, 7) is 4.33. The quantitative estimate of drug-likeness (QED) is 0.0420. The van der Waals surface area contributed by atoms with Gasteiger partial charge in [-0.15, -0.1) is 0 Å². The normalized spacial score (nSPS) is 13.0. The molecular weight excluding hydrogens is 807 g/mol. The molecule has 4 heteroatoms. The van der Waals surface area contributed by atoms with Crippen LogP contribution in [0.25, 0.3) is 0 Å². The molecule has 0 aliphatic rings. The predicted octanol–water partition coefficient (Wildman–Crippen LogP) is 20.0. The highest BCUT2D eigenvalue weighted by Crippen LogP contribution is 2.18. The molecule has 4 nitrogen and oxygen atoms in total. The van der Waals surface area contributed by atoms with Crippen LogP contribution in [-0.2, 0) is 4.79 Å². The molecule has 0 radical (unpaired) electrons. The molecule has 0 aliphatic carbocycles. The summed E-state index contributed by atoms with van der Waals surface area (Å²) in [6.07, 6.45) is 79.1. The van der Waals surface area contributed by atoms with Gasteiger partial charge in [0.2, 0.25) is 5.91 Å². The molecule has 0 rings (SSSR count). The molecule has 1 amide bonds. The Kier molecular flexibility index (Phi) is 56.7. The maximum absolute atomic E-state index is 12.5. The third kappa shape index (κ3) is 53.6. The lowest BCUT2D eigenvalue weighted by molar-refractivity contribution is -0.123. The van der Waals surface area contributed by atoms with Gasteiger partial charge in [0.25, 0.3) is 0 Å². The molecule has 0 aromatic rings. The molecule has 0 saturated heterocycles. The second kappa shape index (κ2) is 57.9. The Morgan fingerprint density at radius 1 is 0.348 bits per heavy atom.